The highest BCUT2D eigenvalue weighted by atomic mass is 19.3. The zero-order valence-electron chi connectivity index (χ0n) is 13.3. The Morgan fingerprint density at radius 3 is 2.70 bits per heavy atom. The second-order valence-corrected chi connectivity index (χ2v) is 6.66. The van der Waals surface area contributed by atoms with Gasteiger partial charge in [-0.25, -0.2) is 8.78 Å². The quantitative estimate of drug-likeness (QED) is 0.825. The van der Waals surface area contributed by atoms with Crippen LogP contribution in [-0.2, 0) is 16.1 Å². The van der Waals surface area contributed by atoms with Gasteiger partial charge < -0.3 is 9.47 Å². The first-order chi connectivity index (χ1) is 11.0. The van der Waals surface area contributed by atoms with Crippen molar-refractivity contribution in [3.63, 3.8) is 0 Å². The maximum absolute atomic E-state index is 13.5. The SMILES string of the molecule is COc1ccc(COC[C@@H]2C(=O)CC3CC(F)(F)CC[C@H]32)cc1. The van der Waals surface area contributed by atoms with E-state index < -0.39 is 5.92 Å². The van der Waals surface area contributed by atoms with E-state index in [9.17, 15) is 13.6 Å². The molecule has 0 amide bonds. The Hall–Kier alpha value is -1.49. The maximum Gasteiger partial charge on any atom is 0.248 e. The zero-order valence-corrected chi connectivity index (χ0v) is 13.3. The van der Waals surface area contributed by atoms with Crippen molar-refractivity contribution >= 4 is 5.78 Å². The summed E-state index contributed by atoms with van der Waals surface area (Å²) in [5.74, 6) is -2.04. The molecule has 0 radical (unpaired) electrons. The summed E-state index contributed by atoms with van der Waals surface area (Å²) in [7, 11) is 1.61. The van der Waals surface area contributed by atoms with Gasteiger partial charge in [0.1, 0.15) is 11.5 Å². The van der Waals surface area contributed by atoms with Gasteiger partial charge >= 0.3 is 0 Å². The molecule has 3 nitrogen and oxygen atoms in total. The number of ether oxygens (including phenoxy) is 2. The van der Waals surface area contributed by atoms with Crippen molar-refractivity contribution in [1.29, 1.82) is 0 Å². The highest BCUT2D eigenvalue weighted by Gasteiger charge is 2.50. The summed E-state index contributed by atoms with van der Waals surface area (Å²) in [6, 6.07) is 7.55. The maximum atomic E-state index is 13.5. The summed E-state index contributed by atoms with van der Waals surface area (Å²) < 4.78 is 37.8. The van der Waals surface area contributed by atoms with E-state index in [0.29, 0.717) is 19.6 Å². The van der Waals surface area contributed by atoms with E-state index in [0.717, 1.165) is 11.3 Å². The molecule has 0 N–H and O–H groups in total. The summed E-state index contributed by atoms with van der Waals surface area (Å²) in [5, 5.41) is 0. The number of Topliss-reactive ketones (excluding diaryl/α,β-unsaturated/α-hetero) is 1. The third kappa shape index (κ3) is 3.71. The van der Waals surface area contributed by atoms with Crippen LogP contribution in [0.1, 0.15) is 31.2 Å². The monoisotopic (exact) mass is 324 g/mol. The summed E-state index contributed by atoms with van der Waals surface area (Å²) in [5.41, 5.74) is 1.00. The van der Waals surface area contributed by atoms with Crippen LogP contribution in [0.4, 0.5) is 8.78 Å². The highest BCUT2D eigenvalue weighted by Crippen LogP contribution is 2.49. The number of carbonyl (C=O) groups is 1. The second-order valence-electron chi connectivity index (χ2n) is 6.66. The van der Waals surface area contributed by atoms with Gasteiger partial charge in [-0.05, 0) is 36.0 Å². The molecular weight excluding hydrogens is 302 g/mol. The van der Waals surface area contributed by atoms with Crippen LogP contribution in [0.2, 0.25) is 0 Å². The number of hydrogen-bond acceptors (Lipinski definition) is 3. The first-order valence-corrected chi connectivity index (χ1v) is 8.10. The number of ketones is 1. The Morgan fingerprint density at radius 2 is 2.00 bits per heavy atom. The molecular formula is C18H22F2O3. The van der Waals surface area contributed by atoms with E-state index in [1.54, 1.807) is 7.11 Å². The number of benzene rings is 1. The first kappa shape index (κ1) is 16.4. The molecule has 3 atom stereocenters. The molecule has 2 aliphatic rings. The predicted octanol–water partition coefficient (Wildman–Crippen LogP) is 3.85. The molecule has 23 heavy (non-hydrogen) atoms. The third-order valence-electron chi connectivity index (χ3n) is 5.13. The van der Waals surface area contributed by atoms with Crippen molar-refractivity contribution in [3.05, 3.63) is 29.8 Å². The van der Waals surface area contributed by atoms with Crippen molar-refractivity contribution < 1.29 is 23.0 Å². The minimum atomic E-state index is -2.60. The normalized spacial score (nSPS) is 29.3. The molecule has 0 bridgehead atoms. The van der Waals surface area contributed by atoms with E-state index in [2.05, 4.69) is 0 Å². The smallest absolute Gasteiger partial charge is 0.248 e. The average molecular weight is 324 g/mol. The number of rotatable bonds is 5. The lowest BCUT2D eigenvalue weighted by Crippen LogP contribution is -2.33. The minimum absolute atomic E-state index is 0.0676. The molecule has 1 unspecified atom stereocenters. The molecule has 5 heteroatoms. The fraction of sp³-hybridized carbons (Fsp3) is 0.611. The first-order valence-electron chi connectivity index (χ1n) is 8.10. The van der Waals surface area contributed by atoms with Crippen molar-refractivity contribution in [1.82, 2.24) is 0 Å². The van der Waals surface area contributed by atoms with Gasteiger partial charge in [-0.2, -0.15) is 0 Å². The molecule has 1 aromatic carbocycles. The molecule has 126 valence electrons. The Morgan fingerprint density at radius 1 is 1.26 bits per heavy atom. The van der Waals surface area contributed by atoms with E-state index in [1.165, 1.54) is 0 Å². The van der Waals surface area contributed by atoms with E-state index in [4.69, 9.17) is 9.47 Å². The van der Waals surface area contributed by atoms with Crippen LogP contribution < -0.4 is 4.74 Å². The minimum Gasteiger partial charge on any atom is -0.497 e. The number of alkyl halides is 2. The van der Waals surface area contributed by atoms with Gasteiger partial charge in [-0.15, -0.1) is 0 Å². The van der Waals surface area contributed by atoms with E-state index >= 15 is 0 Å². The van der Waals surface area contributed by atoms with Crippen molar-refractivity contribution in [3.8, 4) is 5.75 Å². The van der Waals surface area contributed by atoms with Crippen molar-refractivity contribution in [2.45, 2.75) is 38.2 Å². The Kier molecular flexibility index (Phi) is 4.67. The van der Waals surface area contributed by atoms with Crippen LogP contribution >= 0.6 is 0 Å². The number of hydrogen-bond donors (Lipinski definition) is 0. The van der Waals surface area contributed by atoms with Gasteiger partial charge in [0.25, 0.3) is 0 Å². The number of carbonyl (C=O) groups excluding carboxylic acids is 1. The second kappa shape index (κ2) is 6.56. The van der Waals surface area contributed by atoms with Gasteiger partial charge in [0.2, 0.25) is 5.92 Å². The predicted molar refractivity (Wildman–Crippen MR) is 81.5 cm³/mol. The van der Waals surface area contributed by atoms with Gasteiger partial charge in [0, 0.05) is 25.2 Å². The van der Waals surface area contributed by atoms with Gasteiger partial charge in [-0.3, -0.25) is 4.79 Å². The van der Waals surface area contributed by atoms with Crippen LogP contribution in [0.15, 0.2) is 24.3 Å². The van der Waals surface area contributed by atoms with Gasteiger partial charge in [-0.1, -0.05) is 12.1 Å². The largest absolute Gasteiger partial charge is 0.497 e. The summed E-state index contributed by atoms with van der Waals surface area (Å²) in [6.45, 7) is 0.749. The van der Waals surface area contributed by atoms with E-state index in [-0.39, 0.29) is 42.8 Å². The molecule has 0 aromatic heterocycles. The van der Waals surface area contributed by atoms with E-state index in [1.807, 2.05) is 24.3 Å². The Balaban J connectivity index is 1.52. The Bertz CT molecular complexity index is 556. The molecule has 0 spiro atoms. The molecule has 0 saturated heterocycles. The summed E-state index contributed by atoms with van der Waals surface area (Å²) in [4.78, 5) is 12.1. The topological polar surface area (TPSA) is 35.5 Å². The number of fused-ring (bicyclic) bond motifs is 1. The molecule has 0 aliphatic heterocycles. The fourth-order valence-electron chi connectivity index (χ4n) is 3.89. The Labute approximate surface area is 135 Å². The van der Waals surface area contributed by atoms with Crippen LogP contribution in [0.5, 0.6) is 5.75 Å². The third-order valence-corrected chi connectivity index (χ3v) is 5.13. The lowest BCUT2D eigenvalue weighted by Gasteiger charge is -2.33. The summed E-state index contributed by atoms with van der Waals surface area (Å²) >= 11 is 0. The standard InChI is InChI=1S/C18H22F2O3/c1-22-14-4-2-12(3-5-14)10-23-11-16-15-6-7-18(19,20)9-13(15)8-17(16)21/h2-5,13,15-16H,6-11H2,1H3/t13?,15-,16+/m1/s1. The zero-order chi connectivity index (χ0) is 16.4. The van der Waals surface area contributed by atoms with Gasteiger partial charge in [0.05, 0.1) is 20.3 Å². The van der Waals surface area contributed by atoms with Crippen LogP contribution in [-0.4, -0.2) is 25.4 Å². The molecule has 0 heterocycles. The summed E-state index contributed by atoms with van der Waals surface area (Å²) in [6.07, 6.45) is 0.478. The van der Waals surface area contributed by atoms with Crippen LogP contribution in [0.25, 0.3) is 0 Å². The van der Waals surface area contributed by atoms with Crippen LogP contribution in [0.3, 0.4) is 0 Å². The van der Waals surface area contributed by atoms with Crippen molar-refractivity contribution in [2.24, 2.45) is 17.8 Å². The molecule has 3 rings (SSSR count). The average Bonchev–Trinajstić information content (AvgIpc) is 2.81. The van der Waals surface area contributed by atoms with Crippen molar-refractivity contribution in [2.75, 3.05) is 13.7 Å². The lowest BCUT2D eigenvalue weighted by molar-refractivity contribution is -0.123. The van der Waals surface area contributed by atoms with Crippen LogP contribution in [0, 0.1) is 17.8 Å². The molecule has 2 fully saturated rings. The van der Waals surface area contributed by atoms with Gasteiger partial charge in [0.15, 0.2) is 0 Å². The molecule has 2 saturated carbocycles. The number of methoxy groups -OCH3 is 1. The molecule has 1 aromatic rings. The lowest BCUT2D eigenvalue weighted by atomic mass is 9.76. The number of halogens is 2. The molecule has 2 aliphatic carbocycles. The fourth-order valence-corrected chi connectivity index (χ4v) is 3.89. The highest BCUT2D eigenvalue weighted by molar-refractivity contribution is 5.84.